The van der Waals surface area contributed by atoms with E-state index < -0.39 is 0 Å². The van der Waals surface area contributed by atoms with Crippen molar-refractivity contribution in [1.82, 2.24) is 15.1 Å². The van der Waals surface area contributed by atoms with Gasteiger partial charge in [-0.1, -0.05) is 18.2 Å². The van der Waals surface area contributed by atoms with Crippen LogP contribution >= 0.6 is 0 Å². The molecule has 0 spiro atoms. The molecular weight excluding hydrogens is 358 g/mol. The maximum atomic E-state index is 12.8. The van der Waals surface area contributed by atoms with E-state index in [2.05, 4.69) is 15.7 Å². The van der Waals surface area contributed by atoms with Crippen LogP contribution in [0.15, 0.2) is 42.5 Å². The van der Waals surface area contributed by atoms with Crippen LogP contribution in [-0.4, -0.2) is 41.8 Å². The van der Waals surface area contributed by atoms with Gasteiger partial charge < -0.3 is 21.1 Å². The minimum Gasteiger partial charge on any atom is -0.496 e. The first kappa shape index (κ1) is 19.4. The normalized spacial score (nSPS) is 10.7. The molecule has 0 radical (unpaired) electrons. The van der Waals surface area contributed by atoms with Crippen LogP contribution < -0.4 is 21.1 Å². The number of rotatable bonds is 7. The van der Waals surface area contributed by atoms with Crippen molar-refractivity contribution in [2.75, 3.05) is 25.5 Å². The molecule has 1 aromatic heterocycles. The van der Waals surface area contributed by atoms with Crippen LogP contribution in [0.1, 0.15) is 27.3 Å². The zero-order valence-electron chi connectivity index (χ0n) is 15.9. The highest BCUT2D eigenvalue weighted by Crippen LogP contribution is 2.24. The van der Waals surface area contributed by atoms with Gasteiger partial charge in [0.2, 0.25) is 0 Å². The van der Waals surface area contributed by atoms with E-state index in [9.17, 15) is 9.59 Å². The van der Waals surface area contributed by atoms with Gasteiger partial charge in [-0.15, -0.1) is 0 Å². The Hall–Kier alpha value is -3.39. The molecule has 0 aliphatic rings. The Balaban J connectivity index is 1.84. The van der Waals surface area contributed by atoms with Crippen molar-refractivity contribution in [3.8, 4) is 5.75 Å². The van der Waals surface area contributed by atoms with E-state index in [-0.39, 0.29) is 11.8 Å². The number of benzene rings is 2. The van der Waals surface area contributed by atoms with Crippen LogP contribution in [0.2, 0.25) is 0 Å². The first-order chi connectivity index (χ1) is 13.5. The Morgan fingerprint density at radius 2 is 1.96 bits per heavy atom. The summed E-state index contributed by atoms with van der Waals surface area (Å²) in [7, 11) is 3.28. The first-order valence-corrected chi connectivity index (χ1v) is 8.94. The maximum Gasteiger partial charge on any atom is 0.276 e. The molecule has 8 nitrogen and oxygen atoms in total. The minimum atomic E-state index is -0.351. The van der Waals surface area contributed by atoms with E-state index in [1.54, 1.807) is 29.9 Å². The van der Waals surface area contributed by atoms with Gasteiger partial charge in [0, 0.05) is 24.7 Å². The molecule has 0 atom stereocenters. The first-order valence-electron chi connectivity index (χ1n) is 8.94. The van der Waals surface area contributed by atoms with Gasteiger partial charge in [-0.25, -0.2) is 0 Å². The molecule has 0 bridgehead atoms. The highest BCUT2D eigenvalue weighted by atomic mass is 16.5. The summed E-state index contributed by atoms with van der Waals surface area (Å²) in [5.74, 6) is -0.215. The predicted octanol–water partition coefficient (Wildman–Crippen LogP) is 1.91. The molecular formula is C20H23N5O3. The van der Waals surface area contributed by atoms with Crippen molar-refractivity contribution >= 4 is 28.4 Å². The standard InChI is InChI=1S/C20H23N5O3/c1-25-16-7-4-3-6-14(16)18(24-25)20(27)23-13-8-9-17(28-2)15(12-13)19(26)22-11-5-10-21/h3-4,6-9,12H,5,10-11,21H2,1-2H3,(H,22,26)(H,23,27). The van der Waals surface area contributed by atoms with Crippen LogP contribution in [0.5, 0.6) is 5.75 Å². The summed E-state index contributed by atoms with van der Waals surface area (Å²) in [4.78, 5) is 25.2. The second-order valence-corrected chi connectivity index (χ2v) is 6.26. The molecule has 146 valence electrons. The summed E-state index contributed by atoms with van der Waals surface area (Å²) in [6, 6.07) is 12.4. The summed E-state index contributed by atoms with van der Waals surface area (Å²) < 4.78 is 6.93. The minimum absolute atomic E-state index is 0.287. The zero-order chi connectivity index (χ0) is 20.1. The largest absolute Gasteiger partial charge is 0.496 e. The molecule has 0 saturated heterocycles. The maximum absolute atomic E-state index is 12.8. The number of amides is 2. The van der Waals surface area contributed by atoms with Gasteiger partial charge in [-0.05, 0) is 37.2 Å². The highest BCUT2D eigenvalue weighted by molar-refractivity contribution is 6.11. The number of ether oxygens (including phenoxy) is 1. The lowest BCUT2D eigenvalue weighted by Crippen LogP contribution is -2.26. The monoisotopic (exact) mass is 381 g/mol. The van der Waals surface area contributed by atoms with Crippen molar-refractivity contribution in [3.05, 3.63) is 53.7 Å². The molecule has 0 saturated carbocycles. The lowest BCUT2D eigenvalue weighted by atomic mass is 10.1. The van der Waals surface area contributed by atoms with Gasteiger partial charge >= 0.3 is 0 Å². The van der Waals surface area contributed by atoms with Crippen molar-refractivity contribution < 1.29 is 14.3 Å². The Kier molecular flexibility index (Phi) is 5.90. The Labute approximate surface area is 162 Å². The zero-order valence-corrected chi connectivity index (χ0v) is 15.9. The van der Waals surface area contributed by atoms with Gasteiger partial charge in [0.1, 0.15) is 5.75 Å². The fourth-order valence-corrected chi connectivity index (χ4v) is 2.93. The van der Waals surface area contributed by atoms with Gasteiger partial charge in [-0.2, -0.15) is 5.10 Å². The number of nitrogens with zero attached hydrogens (tertiary/aromatic N) is 2. The van der Waals surface area contributed by atoms with Gasteiger partial charge in [0.15, 0.2) is 5.69 Å². The van der Waals surface area contributed by atoms with E-state index in [1.807, 2.05) is 24.3 Å². The Morgan fingerprint density at radius 1 is 1.18 bits per heavy atom. The average Bonchev–Trinajstić information content (AvgIpc) is 3.05. The van der Waals surface area contributed by atoms with Crippen LogP contribution in [0.25, 0.3) is 10.9 Å². The molecule has 28 heavy (non-hydrogen) atoms. The number of hydrogen-bond donors (Lipinski definition) is 3. The molecule has 0 aliphatic heterocycles. The van der Waals surface area contributed by atoms with Crippen molar-refractivity contribution in [3.63, 3.8) is 0 Å². The molecule has 0 aliphatic carbocycles. The number of fused-ring (bicyclic) bond motifs is 1. The lowest BCUT2D eigenvalue weighted by molar-refractivity contribution is 0.0949. The lowest BCUT2D eigenvalue weighted by Gasteiger charge is -2.11. The molecule has 3 aromatic rings. The van der Waals surface area contributed by atoms with Crippen LogP contribution in [0.3, 0.4) is 0 Å². The second kappa shape index (κ2) is 8.53. The van der Waals surface area contributed by atoms with Crippen molar-refractivity contribution in [2.24, 2.45) is 12.8 Å². The number of hydrogen-bond acceptors (Lipinski definition) is 5. The van der Waals surface area contributed by atoms with Gasteiger partial charge in [0.25, 0.3) is 11.8 Å². The highest BCUT2D eigenvalue weighted by Gasteiger charge is 2.18. The Morgan fingerprint density at radius 3 is 2.71 bits per heavy atom. The number of nitrogens with one attached hydrogen (secondary N) is 2. The van der Waals surface area contributed by atoms with Gasteiger partial charge in [0.05, 0.1) is 18.2 Å². The van der Waals surface area contributed by atoms with Crippen LogP contribution in [0, 0.1) is 0 Å². The number of methoxy groups -OCH3 is 1. The molecule has 2 amide bonds. The summed E-state index contributed by atoms with van der Waals surface area (Å²) in [5, 5.41) is 10.7. The number of aryl methyl sites for hydroxylation is 1. The third kappa shape index (κ3) is 3.96. The summed E-state index contributed by atoms with van der Waals surface area (Å²) >= 11 is 0. The molecule has 3 rings (SSSR count). The number of nitrogens with two attached hydrogens (primary N) is 1. The van der Waals surface area contributed by atoms with Crippen LogP contribution in [0.4, 0.5) is 5.69 Å². The average molecular weight is 381 g/mol. The van der Waals surface area contributed by atoms with E-state index in [1.165, 1.54) is 7.11 Å². The van der Waals surface area contributed by atoms with E-state index in [0.717, 1.165) is 10.9 Å². The smallest absolute Gasteiger partial charge is 0.276 e. The summed E-state index contributed by atoms with van der Waals surface area (Å²) in [6.45, 7) is 0.959. The molecule has 1 heterocycles. The Bertz CT molecular complexity index is 1010. The second-order valence-electron chi connectivity index (χ2n) is 6.26. The number of para-hydroxylation sites is 1. The summed E-state index contributed by atoms with van der Waals surface area (Å²) in [5.41, 5.74) is 7.45. The fourth-order valence-electron chi connectivity index (χ4n) is 2.93. The third-order valence-electron chi connectivity index (χ3n) is 4.34. The van der Waals surface area contributed by atoms with E-state index >= 15 is 0 Å². The fraction of sp³-hybridized carbons (Fsp3) is 0.250. The van der Waals surface area contributed by atoms with E-state index in [4.69, 9.17) is 10.5 Å². The summed E-state index contributed by atoms with van der Waals surface area (Å²) in [6.07, 6.45) is 0.678. The van der Waals surface area contributed by atoms with Crippen molar-refractivity contribution in [1.29, 1.82) is 0 Å². The predicted molar refractivity (Wildman–Crippen MR) is 108 cm³/mol. The number of anilines is 1. The SMILES string of the molecule is COc1ccc(NC(=O)c2nn(C)c3ccccc23)cc1C(=O)NCCCN. The molecule has 0 unspecified atom stereocenters. The topological polar surface area (TPSA) is 111 Å². The van der Waals surface area contributed by atoms with E-state index in [0.29, 0.717) is 42.2 Å². The molecule has 2 aromatic carbocycles. The van der Waals surface area contributed by atoms with Crippen LogP contribution in [-0.2, 0) is 7.05 Å². The molecule has 0 fully saturated rings. The number of aromatic nitrogens is 2. The van der Waals surface area contributed by atoms with Crippen molar-refractivity contribution in [2.45, 2.75) is 6.42 Å². The quantitative estimate of drug-likeness (QED) is 0.542. The van der Waals surface area contributed by atoms with Gasteiger partial charge in [-0.3, -0.25) is 14.3 Å². The third-order valence-corrected chi connectivity index (χ3v) is 4.34. The number of carbonyl (C=O) groups excluding carboxylic acids is 2. The molecule has 8 heteroatoms. The molecule has 4 N–H and O–H groups in total. The number of carbonyl (C=O) groups is 2.